The van der Waals surface area contributed by atoms with E-state index in [0.29, 0.717) is 5.56 Å². The molecule has 0 spiro atoms. The molecule has 1 aliphatic heterocycles. The Morgan fingerprint density at radius 3 is 2.83 bits per heavy atom. The number of ketones is 1. The zero-order chi connectivity index (χ0) is 17.1. The Hall–Kier alpha value is -2.70. The first-order valence-corrected chi connectivity index (χ1v) is 7.43. The third kappa shape index (κ3) is 3.29. The summed E-state index contributed by atoms with van der Waals surface area (Å²) in [5.41, 5.74) is 0.623. The molecule has 0 saturated carbocycles. The number of benzene rings is 1. The lowest BCUT2D eigenvalue weighted by Crippen LogP contribution is -2.07. The molecule has 24 heavy (non-hydrogen) atoms. The summed E-state index contributed by atoms with van der Waals surface area (Å²) in [4.78, 5) is 16.5. The number of aromatic nitrogens is 1. The van der Waals surface area contributed by atoms with Crippen LogP contribution in [0.4, 0.5) is 0 Å². The molecule has 0 saturated heterocycles. The third-order valence-electron chi connectivity index (χ3n) is 3.09. The molecule has 0 radical (unpaired) electrons. The predicted octanol–water partition coefficient (Wildman–Crippen LogP) is 3.62. The Morgan fingerprint density at radius 1 is 1.25 bits per heavy atom. The number of ether oxygens (including phenoxy) is 1. The van der Waals surface area contributed by atoms with E-state index in [2.05, 4.69) is 15.2 Å². The summed E-state index contributed by atoms with van der Waals surface area (Å²) in [5.74, 6) is -0.725. The highest BCUT2D eigenvalue weighted by Gasteiger charge is 2.20. The van der Waals surface area contributed by atoms with Gasteiger partial charge >= 0.3 is 0 Å². The molecule has 0 amide bonds. The molecule has 1 aromatic carbocycles. The summed E-state index contributed by atoms with van der Waals surface area (Å²) in [7, 11) is 0. The van der Waals surface area contributed by atoms with Crippen LogP contribution in [-0.4, -0.2) is 28.0 Å². The number of allylic oxidation sites excluding steroid dienone is 1. The van der Waals surface area contributed by atoms with Gasteiger partial charge in [0.1, 0.15) is 12.0 Å². The topological polar surface area (TPSA) is 84.1 Å². The van der Waals surface area contributed by atoms with E-state index in [9.17, 15) is 9.90 Å². The van der Waals surface area contributed by atoms with Gasteiger partial charge in [-0.15, -0.1) is 5.10 Å². The Balaban J connectivity index is 1.90. The van der Waals surface area contributed by atoms with Crippen molar-refractivity contribution in [2.24, 2.45) is 10.2 Å². The molecule has 3 rings (SSSR count). The molecule has 0 atom stereocenters. The highest BCUT2D eigenvalue weighted by atomic mass is 35.5. The molecular formula is C16H9Cl2N3O3. The number of carbonyl (C=O) groups is 1. The minimum atomic E-state index is -0.553. The first kappa shape index (κ1) is 16.2. The summed E-state index contributed by atoms with van der Waals surface area (Å²) in [6.07, 6.45) is 5.58. The zero-order valence-corrected chi connectivity index (χ0v) is 13.5. The van der Waals surface area contributed by atoms with Crippen LogP contribution in [-0.2, 0) is 4.74 Å². The molecule has 120 valence electrons. The molecule has 0 aliphatic carbocycles. The van der Waals surface area contributed by atoms with E-state index in [0.717, 1.165) is 0 Å². The van der Waals surface area contributed by atoms with E-state index < -0.39 is 5.78 Å². The number of phenols is 1. The molecule has 2 aromatic rings. The number of nitrogens with zero attached hydrogens (tertiary/aromatic N) is 3. The van der Waals surface area contributed by atoms with Gasteiger partial charge in [0.05, 0.1) is 27.9 Å². The van der Waals surface area contributed by atoms with Crippen molar-refractivity contribution >= 4 is 41.1 Å². The van der Waals surface area contributed by atoms with Gasteiger partial charge in [0.2, 0.25) is 11.7 Å². The van der Waals surface area contributed by atoms with Crippen LogP contribution in [0.1, 0.15) is 15.9 Å². The first-order valence-electron chi connectivity index (χ1n) is 6.67. The van der Waals surface area contributed by atoms with Gasteiger partial charge in [-0.25, -0.2) is 0 Å². The number of hydrogen-bond donors (Lipinski definition) is 1. The molecule has 8 heteroatoms. The maximum absolute atomic E-state index is 12.5. The van der Waals surface area contributed by atoms with Crippen molar-refractivity contribution in [3.8, 4) is 5.75 Å². The van der Waals surface area contributed by atoms with Gasteiger partial charge in [-0.2, -0.15) is 5.10 Å². The summed E-state index contributed by atoms with van der Waals surface area (Å²) in [5, 5.41) is 17.8. The second-order valence-corrected chi connectivity index (χ2v) is 5.54. The molecular weight excluding hydrogens is 353 g/mol. The van der Waals surface area contributed by atoms with E-state index in [1.165, 1.54) is 24.6 Å². The lowest BCUT2D eigenvalue weighted by Gasteiger charge is -2.06. The van der Waals surface area contributed by atoms with Crippen molar-refractivity contribution < 1.29 is 14.6 Å². The van der Waals surface area contributed by atoms with Crippen LogP contribution in [0.25, 0.3) is 0 Å². The largest absolute Gasteiger partial charge is 0.506 e. The number of hydrogen-bond acceptors (Lipinski definition) is 6. The third-order valence-corrected chi connectivity index (χ3v) is 3.59. The number of phenolic OH excluding ortho intramolecular Hbond substituents is 1. The van der Waals surface area contributed by atoms with Crippen LogP contribution in [0, 0.1) is 0 Å². The van der Waals surface area contributed by atoms with Crippen LogP contribution >= 0.6 is 23.2 Å². The van der Waals surface area contributed by atoms with Gasteiger partial charge in [0.15, 0.2) is 0 Å². The predicted molar refractivity (Wildman–Crippen MR) is 90.9 cm³/mol. The maximum atomic E-state index is 12.5. The van der Waals surface area contributed by atoms with Gasteiger partial charge in [-0.1, -0.05) is 23.2 Å². The molecule has 0 unspecified atom stereocenters. The van der Waals surface area contributed by atoms with Gasteiger partial charge in [-0.3, -0.25) is 9.78 Å². The van der Waals surface area contributed by atoms with Gasteiger partial charge < -0.3 is 9.84 Å². The highest BCUT2D eigenvalue weighted by molar-refractivity contribution is 6.37. The molecule has 0 bridgehead atoms. The van der Waals surface area contributed by atoms with Crippen molar-refractivity contribution in [3.05, 3.63) is 69.7 Å². The maximum Gasteiger partial charge on any atom is 0.247 e. The van der Waals surface area contributed by atoms with Gasteiger partial charge in [0.25, 0.3) is 0 Å². The number of rotatable bonds is 3. The number of halogens is 2. The fourth-order valence-corrected chi connectivity index (χ4v) is 2.43. The number of Topliss-reactive ketones (excluding diaryl/α,β-unsaturated/α-hetero) is 1. The minimum Gasteiger partial charge on any atom is -0.506 e. The standard InChI is InChI=1S/C16H9Cl2N3O3/c17-11-4-12(15(23)13(18)5-11)14(22)10-7-20-21-16(24-8-10)9-2-1-3-19-6-9/h1-8,23H. The fourth-order valence-electron chi connectivity index (χ4n) is 1.94. The average molecular weight is 362 g/mol. The second kappa shape index (κ2) is 6.82. The van der Waals surface area contributed by atoms with E-state index >= 15 is 0 Å². The van der Waals surface area contributed by atoms with E-state index in [1.807, 2.05) is 0 Å². The zero-order valence-electron chi connectivity index (χ0n) is 12.0. The molecule has 6 nitrogen and oxygen atoms in total. The summed E-state index contributed by atoms with van der Waals surface area (Å²) < 4.78 is 5.40. The van der Waals surface area contributed by atoms with E-state index in [1.54, 1.807) is 24.5 Å². The number of carbonyl (C=O) groups excluding carboxylic acids is 1. The molecule has 1 aromatic heterocycles. The van der Waals surface area contributed by atoms with Crippen LogP contribution in [0.2, 0.25) is 10.0 Å². The van der Waals surface area contributed by atoms with Crippen LogP contribution in [0.5, 0.6) is 5.75 Å². The Bertz CT molecular complexity index is 893. The van der Waals surface area contributed by atoms with Crippen LogP contribution in [0.15, 0.2) is 58.7 Å². The summed E-state index contributed by atoms with van der Waals surface area (Å²) >= 11 is 11.7. The molecule has 1 N–H and O–H groups in total. The fraction of sp³-hybridized carbons (Fsp3) is 0. The monoisotopic (exact) mass is 361 g/mol. The van der Waals surface area contributed by atoms with E-state index in [-0.39, 0.29) is 32.8 Å². The SMILES string of the molecule is O=C(C1=COC(c2cccnc2)=NN=C1)c1cc(Cl)cc(Cl)c1O. The quantitative estimate of drug-likeness (QED) is 0.846. The number of aromatic hydroxyl groups is 1. The average Bonchev–Trinajstić information content (AvgIpc) is 2.84. The minimum absolute atomic E-state index is 0.0229. The number of pyridine rings is 1. The second-order valence-electron chi connectivity index (χ2n) is 4.70. The van der Waals surface area contributed by atoms with Crippen molar-refractivity contribution in [1.29, 1.82) is 0 Å². The van der Waals surface area contributed by atoms with Crippen molar-refractivity contribution in [2.75, 3.05) is 0 Å². The molecule has 1 aliphatic rings. The van der Waals surface area contributed by atoms with Crippen LogP contribution < -0.4 is 0 Å². The Labute approximate surface area is 146 Å². The van der Waals surface area contributed by atoms with Crippen LogP contribution in [0.3, 0.4) is 0 Å². The normalized spacial score (nSPS) is 13.6. The van der Waals surface area contributed by atoms with Crippen molar-refractivity contribution in [1.82, 2.24) is 4.98 Å². The molecule has 0 fully saturated rings. The van der Waals surface area contributed by atoms with Gasteiger partial charge in [-0.05, 0) is 24.3 Å². The summed E-state index contributed by atoms with van der Waals surface area (Å²) in [6, 6.07) is 6.11. The van der Waals surface area contributed by atoms with Gasteiger partial charge in [0, 0.05) is 17.4 Å². The lowest BCUT2D eigenvalue weighted by atomic mass is 10.0. The Kier molecular flexibility index (Phi) is 4.59. The van der Waals surface area contributed by atoms with Crippen molar-refractivity contribution in [3.63, 3.8) is 0 Å². The summed E-state index contributed by atoms with van der Waals surface area (Å²) in [6.45, 7) is 0. The highest BCUT2D eigenvalue weighted by Crippen LogP contribution is 2.32. The van der Waals surface area contributed by atoms with E-state index in [4.69, 9.17) is 27.9 Å². The van der Waals surface area contributed by atoms with Crippen molar-refractivity contribution in [2.45, 2.75) is 0 Å². The molecule has 2 heterocycles. The smallest absolute Gasteiger partial charge is 0.247 e. The lowest BCUT2D eigenvalue weighted by molar-refractivity contribution is 0.103. The first-order chi connectivity index (χ1) is 11.6. The Morgan fingerprint density at radius 2 is 2.08 bits per heavy atom.